The summed E-state index contributed by atoms with van der Waals surface area (Å²) in [5.41, 5.74) is 0.223. The molecule has 0 bridgehead atoms. The number of rotatable bonds is 4. The van der Waals surface area contributed by atoms with E-state index in [2.05, 4.69) is 20.6 Å². The number of hydrogen-bond acceptors (Lipinski definition) is 4. The van der Waals surface area contributed by atoms with Gasteiger partial charge in [-0.1, -0.05) is 29.3 Å². The zero-order valence-corrected chi connectivity index (χ0v) is 13.5. The van der Waals surface area contributed by atoms with E-state index in [1.54, 1.807) is 18.2 Å². The molecule has 3 aromatic rings. The van der Waals surface area contributed by atoms with Crippen LogP contribution in [0.5, 0.6) is 0 Å². The number of halogens is 4. The van der Waals surface area contributed by atoms with Gasteiger partial charge in [-0.25, -0.2) is 13.8 Å². The van der Waals surface area contributed by atoms with Crippen LogP contribution >= 0.6 is 23.2 Å². The molecule has 8 heteroatoms. The molecule has 1 aromatic heterocycles. The van der Waals surface area contributed by atoms with Crippen molar-refractivity contribution in [3.05, 3.63) is 70.3 Å². The Labute approximate surface area is 146 Å². The largest absolute Gasteiger partial charge is 0.335 e. The Morgan fingerprint density at radius 2 is 1.67 bits per heavy atom. The molecule has 2 aromatic carbocycles. The summed E-state index contributed by atoms with van der Waals surface area (Å²) in [5, 5.41) is 6.42. The highest BCUT2D eigenvalue weighted by molar-refractivity contribution is 6.35. The van der Waals surface area contributed by atoms with Crippen molar-refractivity contribution < 1.29 is 8.78 Å². The van der Waals surface area contributed by atoms with E-state index in [-0.39, 0.29) is 17.5 Å². The molecule has 0 saturated heterocycles. The van der Waals surface area contributed by atoms with E-state index >= 15 is 0 Å². The molecule has 122 valence electrons. The Morgan fingerprint density at radius 1 is 0.917 bits per heavy atom. The summed E-state index contributed by atoms with van der Waals surface area (Å²) in [6.07, 6.45) is 1.44. The molecule has 0 unspecified atom stereocenters. The fourth-order valence-electron chi connectivity index (χ4n) is 1.95. The third kappa shape index (κ3) is 3.72. The van der Waals surface area contributed by atoms with Crippen LogP contribution in [0.3, 0.4) is 0 Å². The van der Waals surface area contributed by atoms with Gasteiger partial charge in [-0.3, -0.25) is 0 Å². The maximum absolute atomic E-state index is 13.7. The van der Waals surface area contributed by atoms with Crippen LogP contribution in [-0.2, 0) is 0 Å². The molecule has 0 saturated carbocycles. The SMILES string of the molecule is Fc1cccc(F)c1Nc1ccnc(Nc2cc(Cl)ccc2Cl)n1. The van der Waals surface area contributed by atoms with Crippen molar-refractivity contribution in [3.63, 3.8) is 0 Å². The van der Waals surface area contributed by atoms with Gasteiger partial charge in [0.1, 0.15) is 23.1 Å². The minimum atomic E-state index is -0.721. The van der Waals surface area contributed by atoms with Crippen LogP contribution in [0.2, 0.25) is 10.0 Å². The van der Waals surface area contributed by atoms with Crippen LogP contribution in [0.15, 0.2) is 48.7 Å². The van der Waals surface area contributed by atoms with Crippen LogP contribution < -0.4 is 10.6 Å². The van der Waals surface area contributed by atoms with Crippen molar-refractivity contribution in [1.82, 2.24) is 9.97 Å². The first-order valence-corrected chi connectivity index (χ1v) is 7.54. The standard InChI is InChI=1S/C16H10Cl2F2N4/c17-9-4-5-10(18)13(8-9)22-16-21-7-6-14(24-16)23-15-11(19)2-1-3-12(15)20/h1-8H,(H2,21,22,23,24). The first-order chi connectivity index (χ1) is 11.5. The van der Waals surface area contributed by atoms with Crippen molar-refractivity contribution in [2.45, 2.75) is 0 Å². The minimum Gasteiger partial charge on any atom is -0.335 e. The summed E-state index contributed by atoms with van der Waals surface area (Å²) in [6.45, 7) is 0. The highest BCUT2D eigenvalue weighted by Crippen LogP contribution is 2.28. The Hall–Kier alpha value is -2.44. The van der Waals surface area contributed by atoms with Gasteiger partial charge in [0.25, 0.3) is 0 Å². The van der Waals surface area contributed by atoms with Crippen LogP contribution in [0.25, 0.3) is 0 Å². The lowest BCUT2D eigenvalue weighted by Gasteiger charge is -2.10. The molecule has 0 radical (unpaired) electrons. The highest BCUT2D eigenvalue weighted by Gasteiger charge is 2.10. The monoisotopic (exact) mass is 366 g/mol. The molecule has 0 aliphatic rings. The first-order valence-electron chi connectivity index (χ1n) is 6.79. The van der Waals surface area contributed by atoms with Crippen LogP contribution in [0, 0.1) is 11.6 Å². The van der Waals surface area contributed by atoms with Crippen molar-refractivity contribution in [3.8, 4) is 0 Å². The van der Waals surface area contributed by atoms with Crippen molar-refractivity contribution in [2.24, 2.45) is 0 Å². The van der Waals surface area contributed by atoms with Gasteiger partial charge >= 0.3 is 0 Å². The van der Waals surface area contributed by atoms with E-state index in [4.69, 9.17) is 23.2 Å². The second-order valence-electron chi connectivity index (χ2n) is 4.74. The average Bonchev–Trinajstić information content (AvgIpc) is 2.55. The number of benzene rings is 2. The molecule has 0 amide bonds. The molecule has 0 aliphatic heterocycles. The maximum atomic E-state index is 13.7. The number of para-hydroxylation sites is 1. The second kappa shape index (κ2) is 6.98. The van der Waals surface area contributed by atoms with E-state index in [0.717, 1.165) is 12.1 Å². The van der Waals surface area contributed by atoms with Gasteiger partial charge in [0, 0.05) is 11.2 Å². The van der Waals surface area contributed by atoms with Gasteiger partial charge in [0.15, 0.2) is 0 Å². The van der Waals surface area contributed by atoms with Gasteiger partial charge in [-0.05, 0) is 36.4 Å². The fraction of sp³-hybridized carbons (Fsp3) is 0. The normalized spacial score (nSPS) is 10.5. The summed E-state index contributed by atoms with van der Waals surface area (Å²) in [7, 11) is 0. The molecule has 3 rings (SSSR count). The van der Waals surface area contributed by atoms with Gasteiger partial charge in [-0.15, -0.1) is 0 Å². The Morgan fingerprint density at radius 3 is 2.42 bits per heavy atom. The number of aromatic nitrogens is 2. The summed E-state index contributed by atoms with van der Waals surface area (Å²) < 4.78 is 27.4. The van der Waals surface area contributed by atoms with E-state index < -0.39 is 11.6 Å². The molecule has 0 aliphatic carbocycles. The van der Waals surface area contributed by atoms with Crippen LogP contribution in [0.1, 0.15) is 0 Å². The molecule has 0 fully saturated rings. The second-order valence-corrected chi connectivity index (χ2v) is 5.58. The predicted octanol–water partition coefficient (Wildman–Crippen LogP) is 5.55. The molecule has 1 heterocycles. The molecule has 0 spiro atoms. The van der Waals surface area contributed by atoms with Crippen molar-refractivity contribution in [2.75, 3.05) is 10.6 Å². The molecule has 4 nitrogen and oxygen atoms in total. The zero-order valence-electron chi connectivity index (χ0n) is 12.0. The molecule has 24 heavy (non-hydrogen) atoms. The Balaban J connectivity index is 1.86. The minimum absolute atomic E-state index is 0.195. The van der Waals surface area contributed by atoms with Crippen LogP contribution in [0.4, 0.5) is 31.9 Å². The van der Waals surface area contributed by atoms with E-state index in [1.807, 2.05) is 0 Å². The fourth-order valence-corrected chi connectivity index (χ4v) is 2.28. The van der Waals surface area contributed by atoms with Crippen molar-refractivity contribution >= 4 is 46.3 Å². The molecular weight excluding hydrogens is 357 g/mol. The lowest BCUT2D eigenvalue weighted by molar-refractivity contribution is 0.590. The average molecular weight is 367 g/mol. The number of anilines is 4. The third-order valence-electron chi connectivity index (χ3n) is 3.05. The summed E-state index contributed by atoms with van der Waals surface area (Å²) in [4.78, 5) is 8.19. The lowest BCUT2D eigenvalue weighted by Crippen LogP contribution is -2.03. The summed E-state index contributed by atoms with van der Waals surface area (Å²) in [5.74, 6) is -1.03. The van der Waals surface area contributed by atoms with Gasteiger partial charge in [0.2, 0.25) is 5.95 Å². The Bertz CT molecular complexity index is 869. The first kappa shape index (κ1) is 16.4. The maximum Gasteiger partial charge on any atom is 0.229 e. The highest BCUT2D eigenvalue weighted by atomic mass is 35.5. The van der Waals surface area contributed by atoms with Crippen molar-refractivity contribution in [1.29, 1.82) is 0 Å². The molecule has 0 atom stereocenters. The van der Waals surface area contributed by atoms with Gasteiger partial charge < -0.3 is 10.6 Å². The lowest BCUT2D eigenvalue weighted by atomic mass is 10.3. The van der Waals surface area contributed by atoms with E-state index in [1.165, 1.54) is 18.3 Å². The number of nitrogens with zero attached hydrogens (tertiary/aromatic N) is 2. The summed E-state index contributed by atoms with van der Waals surface area (Å²) in [6, 6.07) is 9.96. The third-order valence-corrected chi connectivity index (χ3v) is 3.61. The summed E-state index contributed by atoms with van der Waals surface area (Å²) >= 11 is 12.0. The van der Waals surface area contributed by atoms with Gasteiger partial charge in [-0.2, -0.15) is 4.98 Å². The predicted molar refractivity (Wildman–Crippen MR) is 91.4 cm³/mol. The van der Waals surface area contributed by atoms with E-state index in [9.17, 15) is 8.78 Å². The quantitative estimate of drug-likeness (QED) is 0.635. The molecular formula is C16H10Cl2F2N4. The number of nitrogens with one attached hydrogen (secondary N) is 2. The Kier molecular flexibility index (Phi) is 4.78. The topological polar surface area (TPSA) is 49.8 Å². The molecule has 2 N–H and O–H groups in total. The zero-order chi connectivity index (χ0) is 17.1. The smallest absolute Gasteiger partial charge is 0.229 e. The number of hydrogen-bond donors (Lipinski definition) is 2. The van der Waals surface area contributed by atoms with E-state index in [0.29, 0.717) is 15.7 Å². The van der Waals surface area contributed by atoms with Crippen LogP contribution in [-0.4, -0.2) is 9.97 Å². The van der Waals surface area contributed by atoms with Gasteiger partial charge in [0.05, 0.1) is 10.7 Å².